The third-order valence-corrected chi connectivity index (χ3v) is 3.98. The Kier molecular flexibility index (Phi) is 4.13. The van der Waals surface area contributed by atoms with Gasteiger partial charge in [-0.1, -0.05) is 6.07 Å². The van der Waals surface area contributed by atoms with Crippen molar-refractivity contribution < 1.29 is 13.7 Å². The van der Waals surface area contributed by atoms with Crippen LogP contribution in [0, 0.1) is 5.82 Å². The van der Waals surface area contributed by atoms with Crippen LogP contribution in [0.1, 0.15) is 33.3 Å². The van der Waals surface area contributed by atoms with Crippen LogP contribution in [0.15, 0.2) is 23.3 Å². The molecule has 0 saturated carbocycles. The molecule has 4 nitrogen and oxygen atoms in total. The molecule has 0 radical (unpaired) electrons. The lowest BCUT2D eigenvalue weighted by molar-refractivity contribution is 0.00578. The highest BCUT2D eigenvalue weighted by Crippen LogP contribution is 2.36. The van der Waals surface area contributed by atoms with E-state index in [0.717, 1.165) is 5.56 Å². The van der Waals surface area contributed by atoms with Crippen LogP contribution in [-0.4, -0.2) is 43.6 Å². The Morgan fingerprint density at radius 1 is 1.14 bits per heavy atom. The van der Waals surface area contributed by atoms with E-state index >= 15 is 0 Å². The summed E-state index contributed by atoms with van der Waals surface area (Å²) in [5.41, 5.74) is 0.516. The summed E-state index contributed by atoms with van der Waals surface area (Å²) < 4.78 is 25.6. The Morgan fingerprint density at radius 2 is 1.71 bits per heavy atom. The highest BCUT2D eigenvalue weighted by atomic mass is 19.1. The van der Waals surface area contributed by atoms with E-state index in [1.54, 1.807) is 17.3 Å². The number of hydrogen-bond donors (Lipinski definition) is 0. The van der Waals surface area contributed by atoms with E-state index in [0.29, 0.717) is 5.46 Å². The molecule has 1 aliphatic heterocycles. The maximum Gasteiger partial charge on any atom is 0.495 e. The summed E-state index contributed by atoms with van der Waals surface area (Å²) in [4.78, 5) is 0. The molecule has 1 aromatic rings. The molecular weight excluding hydrogens is 270 g/mol. The largest absolute Gasteiger partial charge is 0.495 e. The second kappa shape index (κ2) is 5.42. The van der Waals surface area contributed by atoms with Crippen LogP contribution in [0.5, 0.6) is 0 Å². The first-order valence-electron chi connectivity index (χ1n) is 6.99. The van der Waals surface area contributed by atoms with Crippen LogP contribution in [-0.2, 0) is 9.31 Å². The molecule has 6 heteroatoms. The molecule has 21 heavy (non-hydrogen) atoms. The number of hydrazone groups is 1. The summed E-state index contributed by atoms with van der Waals surface area (Å²) in [6, 6.07) is 4.54. The molecule has 0 atom stereocenters. The third kappa shape index (κ3) is 3.27. The van der Waals surface area contributed by atoms with Crippen molar-refractivity contribution in [2.75, 3.05) is 14.1 Å². The maximum absolute atomic E-state index is 13.6. The molecule has 114 valence electrons. The number of nitrogens with zero attached hydrogens (tertiary/aromatic N) is 2. The van der Waals surface area contributed by atoms with Gasteiger partial charge in [-0.05, 0) is 50.9 Å². The molecule has 0 aromatic heterocycles. The maximum atomic E-state index is 13.6. The van der Waals surface area contributed by atoms with Gasteiger partial charge >= 0.3 is 7.12 Å². The molecule has 0 N–H and O–H groups in total. The molecule has 0 amide bonds. The summed E-state index contributed by atoms with van der Waals surface area (Å²) >= 11 is 0. The second-order valence-corrected chi connectivity index (χ2v) is 6.45. The Bertz CT molecular complexity index is 543. The van der Waals surface area contributed by atoms with Gasteiger partial charge in [-0.25, -0.2) is 4.39 Å². The Hall–Kier alpha value is -1.40. The highest BCUT2D eigenvalue weighted by molar-refractivity contribution is 6.63. The van der Waals surface area contributed by atoms with Gasteiger partial charge in [0, 0.05) is 14.1 Å². The average Bonchev–Trinajstić information content (AvgIpc) is 2.56. The molecule has 1 heterocycles. The first-order chi connectivity index (χ1) is 9.62. The molecule has 0 aliphatic carbocycles. The molecule has 0 bridgehead atoms. The predicted molar refractivity (Wildman–Crippen MR) is 83.4 cm³/mol. The fourth-order valence-electron chi connectivity index (χ4n) is 2.02. The van der Waals surface area contributed by atoms with Crippen molar-refractivity contribution in [3.8, 4) is 0 Å². The summed E-state index contributed by atoms with van der Waals surface area (Å²) in [5.74, 6) is -0.318. The van der Waals surface area contributed by atoms with Crippen molar-refractivity contribution in [1.29, 1.82) is 0 Å². The Labute approximate surface area is 126 Å². The van der Waals surface area contributed by atoms with Crippen LogP contribution in [0.3, 0.4) is 0 Å². The first-order valence-corrected chi connectivity index (χ1v) is 6.99. The summed E-state index contributed by atoms with van der Waals surface area (Å²) in [6.45, 7) is 7.89. The smallest absolute Gasteiger partial charge is 0.399 e. The minimum absolute atomic E-state index is 0.318. The van der Waals surface area contributed by atoms with E-state index in [4.69, 9.17) is 9.31 Å². The van der Waals surface area contributed by atoms with E-state index in [-0.39, 0.29) is 5.82 Å². The van der Waals surface area contributed by atoms with Crippen molar-refractivity contribution >= 4 is 18.8 Å². The minimum atomic E-state index is -0.602. The predicted octanol–water partition coefficient (Wildman–Crippen LogP) is 2.02. The first kappa shape index (κ1) is 16.0. The van der Waals surface area contributed by atoms with Gasteiger partial charge in [0.1, 0.15) is 5.82 Å². The van der Waals surface area contributed by atoms with Gasteiger partial charge in [0.15, 0.2) is 0 Å². The lowest BCUT2D eigenvalue weighted by Crippen LogP contribution is -2.41. The Balaban J connectivity index is 2.38. The number of rotatable bonds is 3. The number of hydrogen-bond acceptors (Lipinski definition) is 4. The summed E-state index contributed by atoms with van der Waals surface area (Å²) in [5, 5.41) is 5.88. The van der Waals surface area contributed by atoms with Crippen LogP contribution in [0.2, 0.25) is 0 Å². The van der Waals surface area contributed by atoms with Gasteiger partial charge in [0.05, 0.1) is 17.4 Å². The number of benzene rings is 1. The third-order valence-electron chi connectivity index (χ3n) is 3.98. The SMILES string of the molecule is CN(C)/N=C/c1ccc(F)cc1B1OC(C)(C)C(C)(C)O1. The van der Waals surface area contributed by atoms with Crippen LogP contribution in [0.4, 0.5) is 4.39 Å². The average molecular weight is 292 g/mol. The zero-order valence-corrected chi connectivity index (χ0v) is 13.5. The molecule has 2 rings (SSSR count). The second-order valence-electron chi connectivity index (χ2n) is 6.45. The van der Waals surface area contributed by atoms with E-state index in [2.05, 4.69) is 5.10 Å². The minimum Gasteiger partial charge on any atom is -0.399 e. The summed E-state index contributed by atoms with van der Waals surface area (Å²) in [6.07, 6.45) is 1.68. The lowest BCUT2D eigenvalue weighted by atomic mass is 9.76. The van der Waals surface area contributed by atoms with Crippen LogP contribution >= 0.6 is 0 Å². The molecule has 1 saturated heterocycles. The molecule has 1 aromatic carbocycles. The van der Waals surface area contributed by atoms with Gasteiger partial charge in [0.2, 0.25) is 0 Å². The van der Waals surface area contributed by atoms with Crippen molar-refractivity contribution in [1.82, 2.24) is 5.01 Å². The van der Waals surface area contributed by atoms with Gasteiger partial charge in [-0.15, -0.1) is 0 Å². The monoisotopic (exact) mass is 292 g/mol. The summed E-state index contributed by atoms with van der Waals surface area (Å²) in [7, 11) is 3.05. The fourth-order valence-corrected chi connectivity index (χ4v) is 2.02. The fraction of sp³-hybridized carbons (Fsp3) is 0.533. The van der Waals surface area contributed by atoms with Crippen molar-refractivity contribution in [2.45, 2.75) is 38.9 Å². The number of halogens is 1. The van der Waals surface area contributed by atoms with E-state index in [1.807, 2.05) is 41.8 Å². The normalized spacial score (nSPS) is 20.2. The van der Waals surface area contributed by atoms with E-state index in [9.17, 15) is 4.39 Å². The molecule has 0 unspecified atom stereocenters. The standard InChI is InChI=1S/C15H22BFN2O2/c1-14(2)15(3,4)21-16(20-14)13-9-12(17)8-7-11(13)10-18-19(5)6/h7-10H,1-6H3/b18-10+. The quantitative estimate of drug-likeness (QED) is 0.485. The van der Waals surface area contributed by atoms with Gasteiger partial charge in [0.25, 0.3) is 0 Å². The van der Waals surface area contributed by atoms with Crippen molar-refractivity contribution in [3.05, 3.63) is 29.6 Å². The molecule has 1 fully saturated rings. The van der Waals surface area contributed by atoms with Crippen molar-refractivity contribution in [2.24, 2.45) is 5.10 Å². The van der Waals surface area contributed by atoms with Gasteiger partial charge in [-0.3, -0.25) is 0 Å². The van der Waals surface area contributed by atoms with Gasteiger partial charge in [-0.2, -0.15) is 5.10 Å². The molecular formula is C15H22BFN2O2. The van der Waals surface area contributed by atoms with E-state index in [1.165, 1.54) is 12.1 Å². The van der Waals surface area contributed by atoms with Gasteiger partial charge < -0.3 is 14.3 Å². The Morgan fingerprint density at radius 3 is 2.24 bits per heavy atom. The lowest BCUT2D eigenvalue weighted by Gasteiger charge is -2.32. The highest BCUT2D eigenvalue weighted by Gasteiger charge is 2.52. The topological polar surface area (TPSA) is 34.1 Å². The zero-order chi connectivity index (χ0) is 15.8. The molecule has 1 aliphatic rings. The van der Waals surface area contributed by atoms with E-state index < -0.39 is 18.3 Å². The zero-order valence-electron chi connectivity index (χ0n) is 13.5. The van der Waals surface area contributed by atoms with Crippen molar-refractivity contribution in [3.63, 3.8) is 0 Å². The molecule has 0 spiro atoms. The van der Waals surface area contributed by atoms with Crippen LogP contribution < -0.4 is 5.46 Å². The van der Waals surface area contributed by atoms with Crippen LogP contribution in [0.25, 0.3) is 0 Å².